The molecule has 0 aliphatic carbocycles. The van der Waals surface area contributed by atoms with E-state index in [9.17, 15) is 4.79 Å². The van der Waals surface area contributed by atoms with E-state index in [4.69, 9.17) is 0 Å². The molecule has 2 aromatic carbocycles. The zero-order chi connectivity index (χ0) is 13.6. The number of fused-ring (bicyclic) bond motifs is 1. The Bertz CT molecular complexity index is 650. The average Bonchev–Trinajstić information content (AvgIpc) is 2.66. The number of likely N-dealkylation sites (N-methyl/N-ethyl adjacent to an activating group) is 2. The second-order valence-corrected chi connectivity index (χ2v) is 5.40. The van der Waals surface area contributed by atoms with Gasteiger partial charge in [0.05, 0.1) is 6.04 Å². The molecule has 1 heterocycles. The van der Waals surface area contributed by atoms with E-state index in [0.29, 0.717) is 0 Å². The van der Waals surface area contributed by atoms with Crippen LogP contribution in [0.15, 0.2) is 36.4 Å². The number of nitrogens with zero attached hydrogens (tertiary/aromatic N) is 2. The molecule has 1 aliphatic heterocycles. The third-order valence-corrected chi connectivity index (χ3v) is 3.95. The maximum atomic E-state index is 11.8. The second-order valence-electron chi connectivity index (χ2n) is 5.40. The van der Waals surface area contributed by atoms with Crippen LogP contribution in [0.3, 0.4) is 0 Å². The fourth-order valence-electron chi connectivity index (χ4n) is 2.78. The van der Waals surface area contributed by atoms with Crippen molar-refractivity contribution in [1.29, 1.82) is 0 Å². The van der Waals surface area contributed by atoms with Crippen LogP contribution < -0.4 is 0 Å². The van der Waals surface area contributed by atoms with Crippen molar-refractivity contribution in [3.05, 3.63) is 47.5 Å². The Morgan fingerprint density at radius 3 is 2.42 bits per heavy atom. The SMILES string of the molecule is Cc1ccc2cc(C3CN(C)C(=O)N3C)ccc2c1. The Balaban J connectivity index is 2.02. The number of hydrogen-bond donors (Lipinski definition) is 0. The first-order valence-electron chi connectivity index (χ1n) is 6.54. The first-order valence-corrected chi connectivity index (χ1v) is 6.54. The minimum Gasteiger partial charge on any atom is -0.325 e. The van der Waals surface area contributed by atoms with E-state index in [0.717, 1.165) is 6.54 Å². The van der Waals surface area contributed by atoms with Crippen molar-refractivity contribution >= 4 is 16.8 Å². The summed E-state index contributed by atoms with van der Waals surface area (Å²) < 4.78 is 0. The van der Waals surface area contributed by atoms with Gasteiger partial charge in [0.1, 0.15) is 0 Å². The molecule has 3 nitrogen and oxygen atoms in total. The number of benzene rings is 2. The second kappa shape index (κ2) is 4.26. The van der Waals surface area contributed by atoms with Gasteiger partial charge in [-0.25, -0.2) is 4.79 Å². The maximum absolute atomic E-state index is 11.8. The number of carbonyl (C=O) groups is 1. The molecule has 1 saturated heterocycles. The molecular formula is C16H18N2O. The van der Waals surface area contributed by atoms with E-state index < -0.39 is 0 Å². The van der Waals surface area contributed by atoms with E-state index in [-0.39, 0.29) is 12.1 Å². The highest BCUT2D eigenvalue weighted by molar-refractivity contribution is 5.84. The van der Waals surface area contributed by atoms with E-state index in [1.54, 1.807) is 4.90 Å². The molecule has 0 N–H and O–H groups in total. The highest BCUT2D eigenvalue weighted by Gasteiger charge is 2.32. The molecular weight excluding hydrogens is 236 g/mol. The van der Waals surface area contributed by atoms with Crippen LogP contribution in [0.25, 0.3) is 10.8 Å². The van der Waals surface area contributed by atoms with Crippen molar-refractivity contribution in [2.24, 2.45) is 0 Å². The summed E-state index contributed by atoms with van der Waals surface area (Å²) in [4.78, 5) is 15.4. The summed E-state index contributed by atoms with van der Waals surface area (Å²) in [6.07, 6.45) is 0. The Morgan fingerprint density at radius 2 is 1.74 bits per heavy atom. The molecule has 2 aromatic rings. The zero-order valence-corrected chi connectivity index (χ0v) is 11.6. The van der Waals surface area contributed by atoms with Gasteiger partial charge in [-0.2, -0.15) is 0 Å². The lowest BCUT2D eigenvalue weighted by Gasteiger charge is -2.18. The summed E-state index contributed by atoms with van der Waals surface area (Å²) >= 11 is 0. The highest BCUT2D eigenvalue weighted by Crippen LogP contribution is 2.29. The summed E-state index contributed by atoms with van der Waals surface area (Å²) in [5, 5.41) is 2.49. The molecule has 3 rings (SSSR count). The van der Waals surface area contributed by atoms with Gasteiger partial charge in [0.2, 0.25) is 0 Å². The molecule has 1 unspecified atom stereocenters. The van der Waals surface area contributed by atoms with Crippen molar-refractivity contribution in [2.75, 3.05) is 20.6 Å². The van der Waals surface area contributed by atoms with Gasteiger partial charge in [0.25, 0.3) is 0 Å². The average molecular weight is 254 g/mol. The van der Waals surface area contributed by atoms with E-state index in [1.165, 1.54) is 21.9 Å². The van der Waals surface area contributed by atoms with Crippen molar-refractivity contribution in [3.63, 3.8) is 0 Å². The van der Waals surface area contributed by atoms with Gasteiger partial charge in [-0.05, 0) is 29.3 Å². The third-order valence-electron chi connectivity index (χ3n) is 3.95. The Kier molecular flexibility index (Phi) is 2.70. The molecule has 98 valence electrons. The van der Waals surface area contributed by atoms with Gasteiger partial charge in [-0.15, -0.1) is 0 Å². The van der Waals surface area contributed by atoms with E-state index in [2.05, 4.69) is 43.3 Å². The van der Waals surface area contributed by atoms with Crippen molar-refractivity contribution in [2.45, 2.75) is 13.0 Å². The molecule has 0 saturated carbocycles. The predicted molar refractivity (Wildman–Crippen MR) is 77.2 cm³/mol. The molecule has 2 amide bonds. The first-order chi connectivity index (χ1) is 9.06. The van der Waals surface area contributed by atoms with E-state index in [1.807, 2.05) is 19.0 Å². The third kappa shape index (κ3) is 1.95. The summed E-state index contributed by atoms with van der Waals surface area (Å²) in [7, 11) is 3.72. The van der Waals surface area contributed by atoms with Crippen LogP contribution in [-0.4, -0.2) is 36.5 Å². The van der Waals surface area contributed by atoms with Gasteiger partial charge in [0, 0.05) is 20.6 Å². The summed E-state index contributed by atoms with van der Waals surface area (Å²) in [5.74, 6) is 0. The van der Waals surface area contributed by atoms with Crippen LogP contribution in [0.5, 0.6) is 0 Å². The molecule has 1 atom stereocenters. The minimum absolute atomic E-state index is 0.0917. The Hall–Kier alpha value is -2.03. The van der Waals surface area contributed by atoms with Gasteiger partial charge in [-0.1, -0.05) is 35.9 Å². The summed E-state index contributed by atoms with van der Waals surface area (Å²) in [5.41, 5.74) is 2.48. The van der Waals surface area contributed by atoms with Crippen LogP contribution in [0.4, 0.5) is 4.79 Å². The minimum atomic E-state index is 0.0917. The molecule has 3 heteroatoms. The first kappa shape index (κ1) is 12.0. The Labute approximate surface area is 113 Å². The largest absolute Gasteiger partial charge is 0.325 e. The molecule has 1 aliphatic rings. The predicted octanol–water partition coefficient (Wildman–Crippen LogP) is 3.19. The zero-order valence-electron chi connectivity index (χ0n) is 11.6. The standard InChI is InChI=1S/C16H18N2O/c1-11-4-5-13-9-14(7-6-12(13)8-11)15-10-17(2)16(19)18(15)3/h4-9,15H,10H2,1-3H3. The van der Waals surface area contributed by atoms with Crippen LogP contribution in [0.1, 0.15) is 17.2 Å². The normalized spacial score (nSPS) is 19.5. The van der Waals surface area contributed by atoms with Crippen LogP contribution in [-0.2, 0) is 0 Å². The molecule has 1 fully saturated rings. The number of amides is 2. The topological polar surface area (TPSA) is 23.6 Å². The fraction of sp³-hybridized carbons (Fsp3) is 0.312. The van der Waals surface area contributed by atoms with Gasteiger partial charge < -0.3 is 9.80 Å². The number of hydrogen-bond acceptors (Lipinski definition) is 1. The number of rotatable bonds is 1. The van der Waals surface area contributed by atoms with Gasteiger partial charge in [-0.3, -0.25) is 0 Å². The smallest absolute Gasteiger partial charge is 0.320 e. The summed E-state index contributed by atoms with van der Waals surface area (Å²) in [6.45, 7) is 2.86. The maximum Gasteiger partial charge on any atom is 0.320 e. The lowest BCUT2D eigenvalue weighted by Crippen LogP contribution is -2.26. The molecule has 0 bridgehead atoms. The quantitative estimate of drug-likeness (QED) is 0.766. The number of urea groups is 1. The van der Waals surface area contributed by atoms with Crippen molar-refractivity contribution < 1.29 is 4.79 Å². The number of aryl methyl sites for hydroxylation is 1. The van der Waals surface area contributed by atoms with Gasteiger partial charge in [0.15, 0.2) is 0 Å². The van der Waals surface area contributed by atoms with Crippen molar-refractivity contribution in [3.8, 4) is 0 Å². The molecule has 0 spiro atoms. The lowest BCUT2D eigenvalue weighted by molar-refractivity contribution is 0.201. The molecule has 0 radical (unpaired) electrons. The van der Waals surface area contributed by atoms with Gasteiger partial charge >= 0.3 is 6.03 Å². The Morgan fingerprint density at radius 1 is 1.05 bits per heavy atom. The highest BCUT2D eigenvalue weighted by atomic mass is 16.2. The monoisotopic (exact) mass is 254 g/mol. The van der Waals surface area contributed by atoms with Crippen molar-refractivity contribution in [1.82, 2.24) is 9.80 Å². The fourth-order valence-corrected chi connectivity index (χ4v) is 2.78. The van der Waals surface area contributed by atoms with E-state index >= 15 is 0 Å². The molecule has 0 aromatic heterocycles. The van der Waals surface area contributed by atoms with Crippen LogP contribution in [0, 0.1) is 6.92 Å². The number of carbonyl (C=O) groups excluding carboxylic acids is 1. The lowest BCUT2D eigenvalue weighted by atomic mass is 10.0. The summed E-state index contributed by atoms with van der Waals surface area (Å²) in [6, 6.07) is 13.2. The van der Waals surface area contributed by atoms with Crippen LogP contribution in [0.2, 0.25) is 0 Å². The van der Waals surface area contributed by atoms with Crippen LogP contribution >= 0.6 is 0 Å². The molecule has 19 heavy (non-hydrogen) atoms.